The van der Waals surface area contributed by atoms with E-state index in [0.717, 1.165) is 11.1 Å². The number of methoxy groups -OCH3 is 2. The molecule has 1 radical (unpaired) electrons. The second-order valence-electron chi connectivity index (χ2n) is 9.81. The molecule has 0 fully saturated rings. The average Bonchev–Trinajstić information content (AvgIpc) is 2.81. The van der Waals surface area contributed by atoms with Gasteiger partial charge in [-0.1, -0.05) is 32.9 Å². The van der Waals surface area contributed by atoms with Gasteiger partial charge in [-0.15, -0.1) is 0 Å². The van der Waals surface area contributed by atoms with Crippen LogP contribution >= 0.6 is 0 Å². The van der Waals surface area contributed by atoms with Gasteiger partial charge in [0.1, 0.15) is 17.3 Å². The minimum absolute atomic E-state index is 0.137. The van der Waals surface area contributed by atoms with Crippen molar-refractivity contribution in [1.29, 1.82) is 0 Å². The zero-order chi connectivity index (χ0) is 25.5. The van der Waals surface area contributed by atoms with Gasteiger partial charge in [0.15, 0.2) is 11.7 Å². The molecule has 0 amide bonds. The number of hydrogen-bond acceptors (Lipinski definition) is 4. The number of hydrogen-bond donors (Lipinski definition) is 0. The molecular formula is C28H31FNO4Si. The minimum Gasteiger partial charge on any atom is -0.496 e. The molecule has 0 saturated heterocycles. The lowest BCUT2D eigenvalue weighted by atomic mass is 9.84. The molecule has 5 nitrogen and oxygen atoms in total. The molecule has 0 bridgehead atoms. The van der Waals surface area contributed by atoms with Gasteiger partial charge in [-0.25, -0.2) is 4.39 Å². The summed E-state index contributed by atoms with van der Waals surface area (Å²) in [6.45, 7) is 10.4. The maximum atomic E-state index is 14.5. The maximum absolute atomic E-state index is 14.5. The molecular weight excluding hydrogens is 461 g/mol. The molecule has 0 spiro atoms. The number of benzene rings is 3. The van der Waals surface area contributed by atoms with Crippen LogP contribution in [0.5, 0.6) is 11.5 Å². The highest BCUT2D eigenvalue weighted by Gasteiger charge is 2.29. The molecule has 35 heavy (non-hydrogen) atoms. The predicted octanol–water partition coefficient (Wildman–Crippen LogP) is 6.42. The third-order valence-corrected chi connectivity index (χ3v) is 6.71. The quantitative estimate of drug-likeness (QED) is 0.230. The second-order valence-corrected chi connectivity index (χ2v) is 11.9. The smallest absolute Gasteiger partial charge is 0.208 e. The molecule has 0 aliphatic heterocycles. The summed E-state index contributed by atoms with van der Waals surface area (Å²) in [6.07, 6.45) is -0.634. The van der Waals surface area contributed by atoms with Crippen molar-refractivity contribution in [1.82, 2.24) is 4.57 Å². The SMILES string of the molecule is COc1cc(C(O[Si](C)C)n2c3ccccc3c(=O)c3ccc(F)cc32)cc(OC)c1C(C)(C)C. The lowest BCUT2D eigenvalue weighted by molar-refractivity contribution is 0.184. The van der Waals surface area contributed by atoms with E-state index in [1.165, 1.54) is 12.1 Å². The number of aromatic nitrogens is 1. The summed E-state index contributed by atoms with van der Waals surface area (Å²) >= 11 is 0. The van der Waals surface area contributed by atoms with E-state index in [2.05, 4.69) is 20.8 Å². The lowest BCUT2D eigenvalue weighted by Gasteiger charge is -2.30. The van der Waals surface area contributed by atoms with E-state index >= 15 is 0 Å². The molecule has 3 aromatic carbocycles. The molecule has 0 aliphatic rings. The van der Waals surface area contributed by atoms with Crippen LogP contribution in [-0.2, 0) is 9.84 Å². The van der Waals surface area contributed by atoms with Crippen LogP contribution in [-0.4, -0.2) is 27.8 Å². The normalized spacial score (nSPS) is 12.9. The molecule has 0 saturated carbocycles. The van der Waals surface area contributed by atoms with Crippen molar-refractivity contribution in [3.05, 3.63) is 81.8 Å². The molecule has 183 valence electrons. The predicted molar refractivity (Wildman–Crippen MR) is 141 cm³/mol. The van der Waals surface area contributed by atoms with Crippen LogP contribution in [0.25, 0.3) is 21.8 Å². The maximum Gasteiger partial charge on any atom is 0.208 e. The topological polar surface area (TPSA) is 49.7 Å². The Balaban J connectivity index is 2.13. The van der Waals surface area contributed by atoms with Gasteiger partial charge in [-0.3, -0.25) is 4.79 Å². The van der Waals surface area contributed by atoms with Crippen molar-refractivity contribution in [3.8, 4) is 11.5 Å². The van der Waals surface area contributed by atoms with Crippen LogP contribution in [0, 0.1) is 5.82 Å². The first-order valence-corrected chi connectivity index (χ1v) is 13.9. The van der Waals surface area contributed by atoms with Crippen molar-refractivity contribution in [3.63, 3.8) is 0 Å². The van der Waals surface area contributed by atoms with Crippen molar-refractivity contribution in [2.24, 2.45) is 0 Å². The third-order valence-electron chi connectivity index (χ3n) is 6.02. The van der Waals surface area contributed by atoms with E-state index in [-0.39, 0.29) is 10.8 Å². The van der Waals surface area contributed by atoms with Crippen LogP contribution in [0.1, 0.15) is 38.1 Å². The molecule has 7 heteroatoms. The highest BCUT2D eigenvalue weighted by molar-refractivity contribution is 6.48. The summed E-state index contributed by atoms with van der Waals surface area (Å²) in [7, 11) is 2.04. The fraction of sp³-hybridized carbons (Fsp3) is 0.321. The average molecular weight is 493 g/mol. The first-order chi connectivity index (χ1) is 16.6. The monoisotopic (exact) mass is 492 g/mol. The molecule has 4 aromatic rings. The molecule has 1 atom stereocenters. The summed E-state index contributed by atoms with van der Waals surface area (Å²) in [4.78, 5) is 13.3. The van der Waals surface area contributed by atoms with Gasteiger partial charge in [0, 0.05) is 21.9 Å². The Hall–Kier alpha value is -3.16. The summed E-state index contributed by atoms with van der Waals surface area (Å²) in [6, 6.07) is 15.5. The number of halogens is 1. The van der Waals surface area contributed by atoms with Crippen LogP contribution in [0.2, 0.25) is 13.1 Å². The van der Waals surface area contributed by atoms with Gasteiger partial charge in [-0.2, -0.15) is 0 Å². The molecule has 4 rings (SSSR count). The lowest BCUT2D eigenvalue weighted by Crippen LogP contribution is -2.24. The van der Waals surface area contributed by atoms with E-state index in [1.807, 2.05) is 48.0 Å². The summed E-state index contributed by atoms with van der Waals surface area (Å²) in [5, 5.41) is 0.983. The van der Waals surface area contributed by atoms with Crippen molar-refractivity contribution < 1.29 is 18.3 Å². The van der Waals surface area contributed by atoms with Gasteiger partial charge < -0.3 is 18.5 Å². The van der Waals surface area contributed by atoms with E-state index in [9.17, 15) is 9.18 Å². The Kier molecular flexibility index (Phi) is 6.75. The van der Waals surface area contributed by atoms with Crippen LogP contribution in [0.3, 0.4) is 0 Å². The molecule has 1 aromatic heterocycles. The first-order valence-electron chi connectivity index (χ1n) is 11.5. The Morgan fingerprint density at radius 2 is 1.49 bits per heavy atom. The Morgan fingerprint density at radius 1 is 0.886 bits per heavy atom. The number of pyridine rings is 1. The van der Waals surface area contributed by atoms with Crippen molar-refractivity contribution in [2.45, 2.75) is 45.5 Å². The molecule has 0 aliphatic carbocycles. The van der Waals surface area contributed by atoms with Crippen LogP contribution in [0.4, 0.5) is 4.39 Å². The van der Waals surface area contributed by atoms with E-state index in [1.54, 1.807) is 26.4 Å². The highest BCUT2D eigenvalue weighted by Crippen LogP contribution is 2.42. The number of nitrogens with zero attached hydrogens (tertiary/aromatic N) is 1. The highest BCUT2D eigenvalue weighted by atomic mass is 28.3. The van der Waals surface area contributed by atoms with Crippen molar-refractivity contribution in [2.75, 3.05) is 14.2 Å². The largest absolute Gasteiger partial charge is 0.496 e. The Labute approximate surface area is 206 Å². The van der Waals surface area contributed by atoms with E-state index in [4.69, 9.17) is 13.9 Å². The zero-order valence-corrected chi connectivity index (χ0v) is 22.2. The number of fused-ring (bicyclic) bond motifs is 2. The van der Waals surface area contributed by atoms with Crippen LogP contribution in [0.15, 0.2) is 59.4 Å². The Bertz CT molecular complexity index is 1430. The molecule has 1 heterocycles. The van der Waals surface area contributed by atoms with Gasteiger partial charge >= 0.3 is 0 Å². The summed E-state index contributed by atoms with van der Waals surface area (Å²) in [5.74, 6) is 0.945. The molecule has 1 unspecified atom stereocenters. The zero-order valence-electron chi connectivity index (χ0n) is 21.2. The third kappa shape index (κ3) is 4.58. The van der Waals surface area contributed by atoms with Gasteiger partial charge in [0.05, 0.1) is 25.3 Å². The summed E-state index contributed by atoms with van der Waals surface area (Å²) in [5.41, 5.74) is 2.51. The number of para-hydroxylation sites is 1. The van der Waals surface area contributed by atoms with Gasteiger partial charge in [0.2, 0.25) is 9.04 Å². The first kappa shape index (κ1) is 24.9. The van der Waals surface area contributed by atoms with E-state index in [0.29, 0.717) is 33.3 Å². The van der Waals surface area contributed by atoms with Gasteiger partial charge in [0.25, 0.3) is 0 Å². The number of rotatable bonds is 6. The van der Waals surface area contributed by atoms with Crippen molar-refractivity contribution >= 4 is 30.8 Å². The Morgan fingerprint density at radius 3 is 2.06 bits per heavy atom. The summed E-state index contributed by atoms with van der Waals surface area (Å²) < 4.78 is 34.6. The minimum atomic E-state index is -1.23. The van der Waals surface area contributed by atoms with Gasteiger partial charge in [-0.05, 0) is 61.0 Å². The molecule has 0 N–H and O–H groups in total. The van der Waals surface area contributed by atoms with E-state index < -0.39 is 21.1 Å². The fourth-order valence-electron chi connectivity index (χ4n) is 4.61. The fourth-order valence-corrected chi connectivity index (χ4v) is 5.29. The second kappa shape index (κ2) is 9.47. The number of ether oxygens (including phenoxy) is 2. The van der Waals surface area contributed by atoms with Crippen LogP contribution < -0.4 is 14.9 Å². The standard InChI is InChI=1S/C28H31FNO4Si/c1-28(2,3)25-23(32-4)14-17(15-24(25)33-5)27(34-35(6)7)30-21-11-9-8-10-19(21)26(31)20-13-12-18(29)16-22(20)30/h8-16,27H,1-7H3.